The van der Waals surface area contributed by atoms with Crippen LogP contribution in [0.1, 0.15) is 13.8 Å². The standard InChI is InChI=1S/C5H11Cl2O3P/c1-5(2,3-6)4-10-11(7,8)9/h3-4H2,1-2H3,(H,8,9). The molecule has 0 aliphatic heterocycles. The Morgan fingerprint density at radius 2 is 2.09 bits per heavy atom. The lowest BCUT2D eigenvalue weighted by molar-refractivity contribution is 0.185. The fourth-order valence-electron chi connectivity index (χ4n) is 0.293. The molecule has 0 aliphatic rings. The van der Waals surface area contributed by atoms with Crippen molar-refractivity contribution in [3.05, 3.63) is 0 Å². The number of halogens is 2. The van der Waals surface area contributed by atoms with E-state index in [0.717, 1.165) is 0 Å². The summed E-state index contributed by atoms with van der Waals surface area (Å²) in [5.41, 5.74) is -0.325. The Labute approximate surface area is 76.0 Å². The predicted molar refractivity (Wildman–Crippen MR) is 46.1 cm³/mol. The van der Waals surface area contributed by atoms with Gasteiger partial charge in [-0.3, -0.25) is 4.52 Å². The summed E-state index contributed by atoms with van der Waals surface area (Å²) in [5.74, 6) is 0.351. The van der Waals surface area contributed by atoms with Gasteiger partial charge in [-0.2, -0.15) is 0 Å². The lowest BCUT2D eigenvalue weighted by Gasteiger charge is -2.20. The van der Waals surface area contributed by atoms with Crippen LogP contribution in [0.5, 0.6) is 0 Å². The van der Waals surface area contributed by atoms with E-state index in [0.29, 0.717) is 5.88 Å². The summed E-state index contributed by atoms with van der Waals surface area (Å²) in [6.45, 7) is -0.160. The molecule has 0 spiro atoms. The average Bonchev–Trinajstić information content (AvgIpc) is 1.83. The molecule has 0 aromatic carbocycles. The molecule has 0 fully saturated rings. The van der Waals surface area contributed by atoms with Gasteiger partial charge in [-0.1, -0.05) is 13.8 Å². The molecule has 1 atom stereocenters. The first-order valence-corrected chi connectivity index (χ1v) is 6.01. The van der Waals surface area contributed by atoms with Gasteiger partial charge in [0.15, 0.2) is 0 Å². The zero-order valence-electron chi connectivity index (χ0n) is 6.38. The molecule has 0 saturated heterocycles. The summed E-state index contributed by atoms with van der Waals surface area (Å²) in [6, 6.07) is 0. The van der Waals surface area contributed by atoms with Crippen molar-refractivity contribution in [1.82, 2.24) is 0 Å². The van der Waals surface area contributed by atoms with Gasteiger partial charge >= 0.3 is 6.95 Å². The van der Waals surface area contributed by atoms with Gasteiger partial charge in [0.05, 0.1) is 6.61 Å². The van der Waals surface area contributed by atoms with Crippen LogP contribution >= 0.6 is 29.8 Å². The number of hydrogen-bond donors (Lipinski definition) is 1. The molecule has 1 unspecified atom stereocenters. The molecule has 6 heteroatoms. The van der Waals surface area contributed by atoms with Crippen molar-refractivity contribution in [2.45, 2.75) is 13.8 Å². The quantitative estimate of drug-likeness (QED) is 0.586. The Morgan fingerprint density at radius 3 is 2.36 bits per heavy atom. The number of rotatable bonds is 4. The fraction of sp³-hybridized carbons (Fsp3) is 1.00. The van der Waals surface area contributed by atoms with Crippen molar-refractivity contribution < 1.29 is 14.0 Å². The molecule has 0 aromatic rings. The van der Waals surface area contributed by atoms with Gasteiger partial charge in [0.25, 0.3) is 0 Å². The smallest absolute Gasteiger partial charge is 0.313 e. The molecule has 0 saturated carbocycles. The highest BCUT2D eigenvalue weighted by Crippen LogP contribution is 2.48. The maximum absolute atomic E-state index is 10.4. The third kappa shape index (κ3) is 7.10. The van der Waals surface area contributed by atoms with Crippen molar-refractivity contribution in [2.75, 3.05) is 12.5 Å². The monoisotopic (exact) mass is 220 g/mol. The zero-order chi connectivity index (χ0) is 9.12. The van der Waals surface area contributed by atoms with Crippen LogP contribution in [-0.2, 0) is 9.09 Å². The normalized spacial score (nSPS) is 17.9. The van der Waals surface area contributed by atoms with Crippen LogP contribution in [0, 0.1) is 5.41 Å². The molecular weight excluding hydrogens is 210 g/mol. The Kier molecular flexibility index (Phi) is 4.38. The molecule has 0 aromatic heterocycles. The summed E-state index contributed by atoms with van der Waals surface area (Å²) < 4.78 is 14.9. The molecular formula is C5H11Cl2O3P. The molecule has 0 rings (SSSR count). The van der Waals surface area contributed by atoms with Crippen molar-refractivity contribution >= 4 is 29.8 Å². The van der Waals surface area contributed by atoms with Crippen molar-refractivity contribution in [3.63, 3.8) is 0 Å². The van der Waals surface area contributed by atoms with E-state index in [1.807, 2.05) is 13.8 Å². The molecule has 68 valence electrons. The minimum Gasteiger partial charge on any atom is -0.313 e. The van der Waals surface area contributed by atoms with E-state index in [9.17, 15) is 4.57 Å². The number of hydrogen-bond acceptors (Lipinski definition) is 2. The second kappa shape index (κ2) is 4.11. The topological polar surface area (TPSA) is 46.5 Å². The maximum atomic E-state index is 10.4. The molecule has 0 bridgehead atoms. The van der Waals surface area contributed by atoms with Gasteiger partial charge in [0.1, 0.15) is 0 Å². The average molecular weight is 221 g/mol. The molecule has 11 heavy (non-hydrogen) atoms. The third-order valence-corrected chi connectivity index (χ3v) is 2.44. The maximum Gasteiger partial charge on any atom is 0.421 e. The van der Waals surface area contributed by atoms with Crippen LogP contribution in [-0.4, -0.2) is 17.4 Å². The van der Waals surface area contributed by atoms with Gasteiger partial charge in [-0.25, -0.2) is 4.57 Å². The largest absolute Gasteiger partial charge is 0.421 e. The molecule has 3 nitrogen and oxygen atoms in total. The summed E-state index contributed by atoms with van der Waals surface area (Å²) >= 11 is 10.5. The van der Waals surface area contributed by atoms with E-state index in [1.54, 1.807) is 0 Å². The summed E-state index contributed by atoms with van der Waals surface area (Å²) in [5, 5.41) is 0. The Morgan fingerprint density at radius 1 is 1.64 bits per heavy atom. The minimum atomic E-state index is -3.86. The van der Waals surface area contributed by atoms with Gasteiger partial charge < -0.3 is 4.89 Å². The van der Waals surface area contributed by atoms with Gasteiger partial charge in [0.2, 0.25) is 0 Å². The lowest BCUT2D eigenvalue weighted by atomic mass is 9.99. The van der Waals surface area contributed by atoms with Crippen LogP contribution < -0.4 is 0 Å². The van der Waals surface area contributed by atoms with E-state index in [-0.39, 0.29) is 12.0 Å². The first-order valence-electron chi connectivity index (χ1n) is 3.00. The molecule has 1 N–H and O–H groups in total. The Bertz CT molecular complexity index is 165. The lowest BCUT2D eigenvalue weighted by Crippen LogP contribution is -2.19. The van der Waals surface area contributed by atoms with E-state index in [2.05, 4.69) is 4.52 Å². The zero-order valence-corrected chi connectivity index (χ0v) is 8.79. The first kappa shape index (κ1) is 11.7. The summed E-state index contributed by atoms with van der Waals surface area (Å²) in [6.07, 6.45) is 0. The SMILES string of the molecule is CC(C)(CCl)COP(=O)(O)Cl. The van der Waals surface area contributed by atoms with Gasteiger partial charge in [0, 0.05) is 22.5 Å². The van der Waals surface area contributed by atoms with Crippen LogP contribution in [0.15, 0.2) is 0 Å². The van der Waals surface area contributed by atoms with Crippen LogP contribution in [0.4, 0.5) is 0 Å². The minimum absolute atomic E-state index is 0.0772. The van der Waals surface area contributed by atoms with Crippen molar-refractivity contribution in [1.29, 1.82) is 0 Å². The third-order valence-electron chi connectivity index (χ3n) is 0.976. The predicted octanol–water partition coefficient (Wildman–Crippen LogP) is 2.61. The first-order chi connectivity index (χ1) is 4.77. The van der Waals surface area contributed by atoms with Crippen LogP contribution in [0.2, 0.25) is 0 Å². The number of alkyl halides is 1. The molecule has 0 amide bonds. The van der Waals surface area contributed by atoms with E-state index < -0.39 is 6.95 Å². The highest BCUT2D eigenvalue weighted by atomic mass is 35.7. The molecule has 0 aliphatic carbocycles. The summed E-state index contributed by atoms with van der Waals surface area (Å²) in [4.78, 5) is 8.53. The van der Waals surface area contributed by atoms with Gasteiger partial charge in [-0.05, 0) is 0 Å². The highest BCUT2D eigenvalue weighted by molar-refractivity contribution is 7.80. The van der Waals surface area contributed by atoms with Crippen LogP contribution in [0.25, 0.3) is 0 Å². The second-order valence-corrected chi connectivity index (χ2v) is 5.73. The molecule has 0 radical (unpaired) electrons. The van der Waals surface area contributed by atoms with E-state index >= 15 is 0 Å². The van der Waals surface area contributed by atoms with E-state index in [1.165, 1.54) is 0 Å². The Balaban J connectivity index is 3.80. The van der Waals surface area contributed by atoms with Crippen molar-refractivity contribution in [3.8, 4) is 0 Å². The fourth-order valence-corrected chi connectivity index (χ4v) is 1.03. The van der Waals surface area contributed by atoms with Crippen molar-refractivity contribution in [2.24, 2.45) is 5.41 Å². The van der Waals surface area contributed by atoms with Crippen LogP contribution in [0.3, 0.4) is 0 Å². The highest BCUT2D eigenvalue weighted by Gasteiger charge is 2.22. The Hall–Kier alpha value is 0.730. The van der Waals surface area contributed by atoms with Gasteiger partial charge in [-0.15, -0.1) is 11.6 Å². The summed E-state index contributed by atoms with van der Waals surface area (Å²) in [7, 11) is 0. The second-order valence-electron chi connectivity index (χ2n) is 3.02. The van der Waals surface area contributed by atoms with E-state index in [4.69, 9.17) is 27.7 Å². The molecule has 0 heterocycles.